The minimum absolute atomic E-state index is 0.840. The molecule has 1 saturated heterocycles. The van der Waals surface area contributed by atoms with Gasteiger partial charge in [-0.1, -0.05) is 0 Å². The zero-order chi connectivity index (χ0) is 21.2. The van der Waals surface area contributed by atoms with Crippen LogP contribution < -0.4 is 14.5 Å². The summed E-state index contributed by atoms with van der Waals surface area (Å²) in [6.45, 7) is 4.56. The fraction of sp³-hybridized carbons (Fsp3) is 0.423. The zero-order valence-electron chi connectivity index (χ0n) is 18.3. The Labute approximate surface area is 189 Å². The van der Waals surface area contributed by atoms with Crippen LogP contribution in [0.15, 0.2) is 54.7 Å². The third kappa shape index (κ3) is 6.22. The number of benzene rings is 2. The Morgan fingerprint density at radius 3 is 2.47 bits per heavy atom. The quantitative estimate of drug-likeness (QED) is 0.308. The molecule has 0 spiro atoms. The summed E-state index contributed by atoms with van der Waals surface area (Å²) in [7, 11) is 1.71. The number of hydrogen-bond acceptors (Lipinski definition) is 3. The van der Waals surface area contributed by atoms with Crippen LogP contribution in [0.3, 0.4) is 0 Å². The molecule has 2 aromatic rings. The number of para-hydroxylation sites is 2. The van der Waals surface area contributed by atoms with Crippen LogP contribution in [0.4, 0.5) is 11.4 Å². The molecule has 4 heteroatoms. The van der Waals surface area contributed by atoms with Crippen LogP contribution in [0, 0.1) is 0 Å². The molecule has 1 fully saturated rings. The van der Waals surface area contributed by atoms with Gasteiger partial charge in [0.2, 0.25) is 0 Å². The summed E-state index contributed by atoms with van der Waals surface area (Å²) in [6.07, 6.45) is 12.6. The Balaban J connectivity index is 1.77. The van der Waals surface area contributed by atoms with Crippen molar-refractivity contribution in [3.8, 4) is 5.75 Å². The second kappa shape index (κ2) is 12.0. The fourth-order valence-corrected chi connectivity index (χ4v) is 4.22. The van der Waals surface area contributed by atoms with Gasteiger partial charge in [-0.3, -0.25) is 0 Å². The first kappa shape index (κ1) is 22.6. The summed E-state index contributed by atoms with van der Waals surface area (Å²) in [4.78, 5) is 4.61. The van der Waals surface area contributed by atoms with Gasteiger partial charge < -0.3 is 0 Å². The molecule has 1 aliphatic rings. The molecular formula is C26H34N2NiO. The Kier molecular flexibility index (Phi) is 9.02. The average molecular weight is 449 g/mol. The van der Waals surface area contributed by atoms with E-state index in [0.29, 0.717) is 0 Å². The number of ether oxygens (including phenoxy) is 1. The Bertz CT molecular complexity index is 825. The van der Waals surface area contributed by atoms with Crippen molar-refractivity contribution in [2.75, 3.05) is 30.0 Å². The summed E-state index contributed by atoms with van der Waals surface area (Å²) in [5.74, 6) is 0.840. The van der Waals surface area contributed by atoms with Gasteiger partial charge in [-0.2, -0.15) is 0 Å². The number of methoxy groups -OCH3 is 1. The van der Waals surface area contributed by atoms with Crippen LogP contribution in [0.5, 0.6) is 5.75 Å². The van der Waals surface area contributed by atoms with Crippen LogP contribution in [-0.2, 0) is 15.0 Å². The normalized spacial score (nSPS) is 14.2. The van der Waals surface area contributed by atoms with Gasteiger partial charge in [0.1, 0.15) is 0 Å². The molecule has 0 amide bonds. The number of unbranched alkanes of at least 4 members (excludes halogenated alkanes) is 2. The maximum absolute atomic E-state index is 5.60. The first-order chi connectivity index (χ1) is 14.7. The summed E-state index contributed by atoms with van der Waals surface area (Å²) >= 11 is 5.45. The van der Waals surface area contributed by atoms with E-state index in [2.05, 4.69) is 59.3 Å². The summed E-state index contributed by atoms with van der Waals surface area (Å²) in [5.41, 5.74) is 3.50. The van der Waals surface area contributed by atoms with Gasteiger partial charge in [-0.25, -0.2) is 0 Å². The van der Waals surface area contributed by atoms with Crippen molar-refractivity contribution < 1.29 is 19.8 Å². The molecule has 0 unspecified atom stereocenters. The Morgan fingerprint density at radius 1 is 1.03 bits per heavy atom. The maximum atomic E-state index is 5.60. The van der Waals surface area contributed by atoms with Gasteiger partial charge in [0.05, 0.1) is 0 Å². The fourth-order valence-electron chi connectivity index (χ4n) is 3.85. The number of anilines is 2. The number of piperidine rings is 1. The summed E-state index contributed by atoms with van der Waals surface area (Å²) < 4.78 is 6.57. The molecule has 164 valence electrons. The van der Waals surface area contributed by atoms with Crippen molar-refractivity contribution >= 4 is 22.1 Å². The predicted molar refractivity (Wildman–Crippen MR) is 126 cm³/mol. The predicted octanol–water partition coefficient (Wildman–Crippen LogP) is 6.42. The van der Waals surface area contributed by atoms with E-state index in [1.807, 2.05) is 18.2 Å². The molecule has 0 bridgehead atoms. The molecule has 3 nitrogen and oxygen atoms in total. The van der Waals surface area contributed by atoms with E-state index in [0.717, 1.165) is 28.9 Å². The standard InChI is InChI=1S/C26H34N2O.Ni/c1-3-4-5-9-21-28(25-12-7-8-13-26(25)29-2)22-18-23-14-16-24(17-15-23)27-19-10-6-11-20-27;/h7-8,12-18,22H,3-6,9-11,19-20H2,1-2H3;. The van der Waals surface area contributed by atoms with Crippen molar-refractivity contribution in [3.05, 3.63) is 60.3 Å². The van der Waals surface area contributed by atoms with Crippen LogP contribution in [0.1, 0.15) is 57.4 Å². The Morgan fingerprint density at radius 2 is 1.77 bits per heavy atom. The molecule has 0 radical (unpaired) electrons. The number of nitrogens with zero attached hydrogens (tertiary/aromatic N) is 2. The van der Waals surface area contributed by atoms with Gasteiger partial charge in [0.15, 0.2) is 0 Å². The van der Waals surface area contributed by atoms with Gasteiger partial charge in [0.25, 0.3) is 0 Å². The van der Waals surface area contributed by atoms with Gasteiger partial charge in [-0.05, 0) is 0 Å². The van der Waals surface area contributed by atoms with Crippen molar-refractivity contribution in [1.29, 1.82) is 0 Å². The summed E-state index contributed by atoms with van der Waals surface area (Å²) in [5, 5.41) is 0. The van der Waals surface area contributed by atoms with E-state index < -0.39 is 0 Å². The van der Waals surface area contributed by atoms with E-state index in [1.165, 1.54) is 56.4 Å². The van der Waals surface area contributed by atoms with E-state index >= 15 is 0 Å². The molecule has 0 atom stereocenters. The van der Waals surface area contributed by atoms with Gasteiger partial charge in [0, 0.05) is 0 Å². The van der Waals surface area contributed by atoms with Crippen LogP contribution in [-0.4, -0.2) is 24.8 Å². The first-order valence-corrected chi connectivity index (χ1v) is 11.7. The van der Waals surface area contributed by atoms with Gasteiger partial charge >= 0.3 is 190 Å². The third-order valence-corrected chi connectivity index (χ3v) is 6.08. The number of hydrogen-bond donors (Lipinski definition) is 0. The molecule has 3 rings (SSSR count). The first-order valence-electron chi connectivity index (χ1n) is 11.2. The molecule has 0 N–H and O–H groups in total. The van der Waals surface area contributed by atoms with Crippen LogP contribution in [0.25, 0.3) is 6.08 Å². The summed E-state index contributed by atoms with van der Waals surface area (Å²) in [6, 6.07) is 17.0. The number of rotatable bonds is 10. The van der Waals surface area contributed by atoms with Crippen molar-refractivity contribution in [2.24, 2.45) is 0 Å². The van der Waals surface area contributed by atoms with Gasteiger partial charge in [-0.15, -0.1) is 0 Å². The average Bonchev–Trinajstić information content (AvgIpc) is 2.80. The minimum atomic E-state index is 0.840. The van der Waals surface area contributed by atoms with Crippen molar-refractivity contribution in [2.45, 2.75) is 51.9 Å². The monoisotopic (exact) mass is 448 g/mol. The van der Waals surface area contributed by atoms with Crippen LogP contribution >= 0.6 is 0 Å². The van der Waals surface area contributed by atoms with E-state index in [1.54, 1.807) is 7.11 Å². The molecule has 2 aromatic carbocycles. The topological polar surface area (TPSA) is 15.7 Å². The second-order valence-corrected chi connectivity index (χ2v) is 8.36. The zero-order valence-corrected chi connectivity index (χ0v) is 19.2. The molecule has 0 saturated carbocycles. The van der Waals surface area contributed by atoms with Crippen LogP contribution in [0.2, 0.25) is 0 Å². The Hall–Kier alpha value is -2.06. The van der Waals surface area contributed by atoms with E-state index in [-0.39, 0.29) is 0 Å². The molecule has 1 heterocycles. The van der Waals surface area contributed by atoms with E-state index in [4.69, 9.17) is 19.8 Å². The molecule has 0 aliphatic carbocycles. The SMILES string of the molecule is CCCCC[C](=[Ni])N(C=Cc1ccc(N2CCCCC2)cc1)c1ccccc1OC. The second-order valence-electron chi connectivity index (χ2n) is 7.79. The third-order valence-electron chi connectivity index (χ3n) is 5.59. The van der Waals surface area contributed by atoms with E-state index in [9.17, 15) is 0 Å². The molecular weight excluding hydrogens is 415 g/mol. The van der Waals surface area contributed by atoms with Crippen molar-refractivity contribution in [3.63, 3.8) is 0 Å². The molecule has 1 aliphatic heterocycles. The molecule has 30 heavy (non-hydrogen) atoms. The molecule has 0 aromatic heterocycles. The van der Waals surface area contributed by atoms with Crippen molar-refractivity contribution in [1.82, 2.24) is 0 Å².